The fourth-order valence-electron chi connectivity index (χ4n) is 2.58. The van der Waals surface area contributed by atoms with Gasteiger partial charge in [0.1, 0.15) is 24.9 Å². The first-order valence-electron chi connectivity index (χ1n) is 7.83. The van der Waals surface area contributed by atoms with E-state index in [9.17, 15) is 23.4 Å². The van der Waals surface area contributed by atoms with Crippen LogP contribution in [0.5, 0.6) is 0 Å². The Morgan fingerprint density at radius 1 is 1.27 bits per heavy atom. The molecule has 4 N–H and O–H groups in total. The van der Waals surface area contributed by atoms with E-state index in [1.165, 1.54) is 12.1 Å². The van der Waals surface area contributed by atoms with Gasteiger partial charge in [-0.3, -0.25) is 4.55 Å². The van der Waals surface area contributed by atoms with Gasteiger partial charge in [0.25, 0.3) is 0 Å². The summed E-state index contributed by atoms with van der Waals surface area (Å²) in [5, 5.41) is 20.4. The van der Waals surface area contributed by atoms with E-state index in [1.54, 1.807) is 29.8 Å². The fraction of sp³-hybridized carbons (Fsp3) is 0.533. The summed E-state index contributed by atoms with van der Waals surface area (Å²) in [7, 11) is -4.69. The molecule has 1 heterocycles. The van der Waals surface area contributed by atoms with E-state index in [0.29, 0.717) is 0 Å². The smallest absolute Gasteiger partial charge is 0.338 e. The predicted octanol–water partition coefficient (Wildman–Crippen LogP) is -0.912. The number of benzene rings is 1. The molecule has 146 valence electrons. The molecule has 0 radical (unpaired) electrons. The average Bonchev–Trinajstić information content (AvgIpc) is 2.59. The zero-order valence-corrected chi connectivity index (χ0v) is 14.7. The van der Waals surface area contributed by atoms with Crippen LogP contribution in [-0.2, 0) is 24.5 Å². The number of hydrogen-bond acceptors (Lipinski definition) is 8. The summed E-state index contributed by atoms with van der Waals surface area (Å²) in [6.07, 6.45) is -5.68. The molecule has 1 aromatic rings. The van der Waals surface area contributed by atoms with Gasteiger partial charge in [-0.15, -0.1) is 0 Å². The zero-order valence-electron chi connectivity index (χ0n) is 13.9. The highest BCUT2D eigenvalue weighted by Gasteiger charge is 2.47. The molecule has 2 rings (SSSR count). The molecule has 1 aliphatic heterocycles. The van der Waals surface area contributed by atoms with Crippen molar-refractivity contribution in [3.63, 3.8) is 0 Å². The number of carbonyl (C=O) groups is 1. The van der Waals surface area contributed by atoms with Gasteiger partial charge in [-0.05, 0) is 19.1 Å². The Morgan fingerprint density at radius 2 is 1.92 bits per heavy atom. The highest BCUT2D eigenvalue weighted by Crippen LogP contribution is 2.23. The number of aliphatic hydroxyl groups excluding tert-OH is 2. The molecular formula is C15H21NO9S. The normalized spacial score (nSPS) is 29.3. The standard InChI is InChI=1S/C15H21NO9S/c1-2-23-13-11(16-26(20,21)22)12(17)10(25-15(13)19)8-24-14(18)9-6-4-3-5-7-9/h3-7,10-13,15-17,19H,2,8H2,1H3,(H,20,21,22)/t10-,11-,12-,13+,15+/m1/s1. The molecule has 0 amide bonds. The van der Waals surface area contributed by atoms with Gasteiger partial charge in [0.05, 0.1) is 11.6 Å². The minimum absolute atomic E-state index is 0.0924. The molecule has 0 aromatic heterocycles. The van der Waals surface area contributed by atoms with Gasteiger partial charge in [0.15, 0.2) is 6.29 Å². The number of esters is 1. The van der Waals surface area contributed by atoms with Crippen LogP contribution in [0.2, 0.25) is 0 Å². The van der Waals surface area contributed by atoms with Crippen LogP contribution in [-0.4, -0.2) is 73.0 Å². The SMILES string of the molecule is CCO[C@H]1[C@H](NS(=O)(=O)O)[C@H](O)[C@@H](COC(=O)c2ccccc2)O[C@@H]1O. The van der Waals surface area contributed by atoms with Crippen LogP contribution < -0.4 is 4.72 Å². The Kier molecular flexibility index (Phi) is 7.06. The Balaban J connectivity index is 2.08. The van der Waals surface area contributed by atoms with Crippen LogP contribution >= 0.6 is 0 Å². The predicted molar refractivity (Wildman–Crippen MR) is 87.5 cm³/mol. The van der Waals surface area contributed by atoms with Crippen molar-refractivity contribution >= 4 is 16.3 Å². The quantitative estimate of drug-likeness (QED) is 0.342. The van der Waals surface area contributed by atoms with Crippen molar-refractivity contribution in [3.8, 4) is 0 Å². The molecule has 1 aromatic carbocycles. The highest BCUT2D eigenvalue weighted by atomic mass is 32.2. The van der Waals surface area contributed by atoms with Gasteiger partial charge in [0, 0.05) is 6.61 Å². The maximum absolute atomic E-state index is 12.0. The molecule has 0 saturated carbocycles. The van der Waals surface area contributed by atoms with Crippen LogP contribution in [0.4, 0.5) is 0 Å². The first-order valence-corrected chi connectivity index (χ1v) is 9.27. The van der Waals surface area contributed by atoms with Crippen molar-refractivity contribution in [2.24, 2.45) is 0 Å². The van der Waals surface area contributed by atoms with Crippen molar-refractivity contribution in [1.82, 2.24) is 4.72 Å². The number of ether oxygens (including phenoxy) is 3. The van der Waals surface area contributed by atoms with Crippen molar-refractivity contribution in [2.75, 3.05) is 13.2 Å². The third kappa shape index (κ3) is 5.45. The van der Waals surface area contributed by atoms with Gasteiger partial charge in [-0.2, -0.15) is 13.1 Å². The van der Waals surface area contributed by atoms with E-state index in [0.717, 1.165) is 0 Å². The van der Waals surface area contributed by atoms with Gasteiger partial charge in [-0.1, -0.05) is 18.2 Å². The fourth-order valence-corrected chi connectivity index (χ4v) is 3.20. The van der Waals surface area contributed by atoms with E-state index in [2.05, 4.69) is 0 Å². The molecule has 1 saturated heterocycles. The van der Waals surface area contributed by atoms with E-state index >= 15 is 0 Å². The molecule has 11 heteroatoms. The average molecular weight is 391 g/mol. The highest BCUT2D eigenvalue weighted by molar-refractivity contribution is 7.83. The first-order chi connectivity index (χ1) is 12.2. The lowest BCUT2D eigenvalue weighted by molar-refractivity contribution is -0.269. The zero-order chi connectivity index (χ0) is 19.3. The van der Waals surface area contributed by atoms with E-state index in [4.69, 9.17) is 18.8 Å². The van der Waals surface area contributed by atoms with Gasteiger partial charge in [0.2, 0.25) is 0 Å². The lowest BCUT2D eigenvalue weighted by Gasteiger charge is -2.42. The summed E-state index contributed by atoms with van der Waals surface area (Å²) in [5.74, 6) is -0.679. The number of hydrogen-bond donors (Lipinski definition) is 4. The third-order valence-electron chi connectivity index (χ3n) is 3.73. The minimum atomic E-state index is -4.69. The summed E-state index contributed by atoms with van der Waals surface area (Å²) in [4.78, 5) is 12.0. The number of carbonyl (C=O) groups excluding carboxylic acids is 1. The first kappa shape index (κ1) is 20.7. The van der Waals surface area contributed by atoms with E-state index in [1.807, 2.05) is 0 Å². The number of nitrogens with one attached hydrogen (secondary N) is 1. The molecule has 1 aliphatic rings. The van der Waals surface area contributed by atoms with Crippen molar-refractivity contribution in [3.05, 3.63) is 35.9 Å². The molecular weight excluding hydrogens is 370 g/mol. The molecule has 0 aliphatic carbocycles. The largest absolute Gasteiger partial charge is 0.459 e. The molecule has 26 heavy (non-hydrogen) atoms. The summed E-state index contributed by atoms with van der Waals surface area (Å²) >= 11 is 0. The molecule has 1 fully saturated rings. The van der Waals surface area contributed by atoms with Gasteiger partial charge < -0.3 is 24.4 Å². The van der Waals surface area contributed by atoms with Crippen LogP contribution in [0.15, 0.2) is 30.3 Å². The maximum atomic E-state index is 12.0. The monoisotopic (exact) mass is 391 g/mol. The van der Waals surface area contributed by atoms with Crippen molar-refractivity contribution < 1.29 is 42.2 Å². The molecule has 10 nitrogen and oxygen atoms in total. The molecule has 0 unspecified atom stereocenters. The van der Waals surface area contributed by atoms with Crippen LogP contribution in [0.1, 0.15) is 17.3 Å². The molecule has 0 spiro atoms. The number of rotatable bonds is 7. The second kappa shape index (κ2) is 8.86. The second-order valence-electron chi connectivity index (χ2n) is 5.56. The number of aliphatic hydroxyl groups is 2. The van der Waals surface area contributed by atoms with Crippen LogP contribution in [0.3, 0.4) is 0 Å². The summed E-state index contributed by atoms with van der Waals surface area (Å²) < 4.78 is 48.5. The minimum Gasteiger partial charge on any atom is -0.459 e. The Morgan fingerprint density at radius 3 is 2.50 bits per heavy atom. The third-order valence-corrected chi connectivity index (χ3v) is 4.30. The van der Waals surface area contributed by atoms with Gasteiger partial charge in [-0.25, -0.2) is 4.79 Å². The van der Waals surface area contributed by atoms with Crippen LogP contribution in [0, 0.1) is 0 Å². The van der Waals surface area contributed by atoms with Gasteiger partial charge >= 0.3 is 16.3 Å². The Hall–Kier alpha value is -1.60. The second-order valence-corrected chi connectivity index (χ2v) is 6.74. The molecule has 5 atom stereocenters. The maximum Gasteiger partial charge on any atom is 0.338 e. The van der Waals surface area contributed by atoms with E-state index < -0.39 is 53.5 Å². The topological polar surface area (TPSA) is 152 Å². The Bertz CT molecular complexity index is 696. The van der Waals surface area contributed by atoms with E-state index in [-0.39, 0.29) is 12.2 Å². The van der Waals surface area contributed by atoms with Crippen molar-refractivity contribution in [2.45, 2.75) is 37.6 Å². The lowest BCUT2D eigenvalue weighted by Crippen LogP contribution is -2.65. The van der Waals surface area contributed by atoms with Crippen molar-refractivity contribution in [1.29, 1.82) is 0 Å². The summed E-state index contributed by atoms with van der Waals surface area (Å²) in [6.45, 7) is 1.24. The Labute approximate surface area is 150 Å². The molecule has 0 bridgehead atoms. The van der Waals surface area contributed by atoms with Crippen LogP contribution in [0.25, 0.3) is 0 Å². The summed E-state index contributed by atoms with van der Waals surface area (Å²) in [6, 6.07) is 6.66. The summed E-state index contributed by atoms with van der Waals surface area (Å²) in [5.41, 5.74) is 0.276. The lowest BCUT2D eigenvalue weighted by atomic mass is 9.97.